The van der Waals surface area contributed by atoms with Crippen LogP contribution in [0.2, 0.25) is 10.0 Å². The molecule has 0 bridgehead atoms. The summed E-state index contributed by atoms with van der Waals surface area (Å²) in [4.78, 5) is 0. The Bertz CT molecular complexity index is 622. The Labute approximate surface area is 128 Å². The van der Waals surface area contributed by atoms with E-state index in [-0.39, 0.29) is 12.3 Å². The SMILES string of the molecule is Nc1ccc(COc2cc(Cl)c(Br)cc2Cl)cc1F. The van der Waals surface area contributed by atoms with Gasteiger partial charge in [-0.1, -0.05) is 29.3 Å². The Morgan fingerprint density at radius 3 is 2.58 bits per heavy atom. The zero-order valence-corrected chi connectivity index (χ0v) is 12.7. The van der Waals surface area contributed by atoms with E-state index in [1.807, 2.05) is 0 Å². The first kappa shape index (κ1) is 14.4. The molecule has 0 radical (unpaired) electrons. The van der Waals surface area contributed by atoms with Crippen molar-refractivity contribution >= 4 is 44.8 Å². The summed E-state index contributed by atoms with van der Waals surface area (Å²) in [6, 6.07) is 7.74. The molecule has 0 saturated heterocycles. The third-order valence-corrected chi connectivity index (χ3v) is 3.93. The van der Waals surface area contributed by atoms with Crippen molar-refractivity contribution < 1.29 is 9.13 Å². The first-order valence-corrected chi connectivity index (χ1v) is 6.83. The third kappa shape index (κ3) is 3.53. The van der Waals surface area contributed by atoms with Gasteiger partial charge in [0.15, 0.2) is 0 Å². The summed E-state index contributed by atoms with van der Waals surface area (Å²) in [6.07, 6.45) is 0. The Balaban J connectivity index is 2.14. The summed E-state index contributed by atoms with van der Waals surface area (Å²) in [5, 5.41) is 0.912. The average molecular weight is 365 g/mol. The van der Waals surface area contributed by atoms with E-state index >= 15 is 0 Å². The minimum absolute atomic E-state index is 0.105. The number of nitrogens with two attached hydrogens (primary N) is 1. The minimum Gasteiger partial charge on any atom is -0.487 e. The van der Waals surface area contributed by atoms with Crippen LogP contribution in [0.15, 0.2) is 34.8 Å². The standard InChI is InChI=1S/C13H9BrCl2FNO/c14-8-4-10(16)13(5-9(8)15)19-6-7-1-2-12(18)11(17)3-7/h1-5H,6,18H2. The summed E-state index contributed by atoms with van der Waals surface area (Å²) in [6.45, 7) is 0.175. The quantitative estimate of drug-likeness (QED) is 0.610. The average Bonchev–Trinajstić information content (AvgIpc) is 2.36. The molecule has 0 aromatic heterocycles. The number of ether oxygens (including phenoxy) is 1. The molecule has 2 rings (SSSR count). The van der Waals surface area contributed by atoms with Gasteiger partial charge in [-0.3, -0.25) is 0 Å². The van der Waals surface area contributed by atoms with E-state index in [1.54, 1.807) is 18.2 Å². The lowest BCUT2D eigenvalue weighted by Gasteiger charge is -2.10. The predicted octanol–water partition coefficient (Wildman–Crippen LogP) is 5.06. The lowest BCUT2D eigenvalue weighted by atomic mass is 10.2. The fraction of sp³-hybridized carbons (Fsp3) is 0.0769. The van der Waals surface area contributed by atoms with Crippen LogP contribution in [0.3, 0.4) is 0 Å². The number of nitrogen functional groups attached to an aromatic ring is 1. The van der Waals surface area contributed by atoms with Crippen LogP contribution in [0.4, 0.5) is 10.1 Å². The first-order chi connectivity index (χ1) is 8.97. The normalized spacial score (nSPS) is 10.5. The fourth-order valence-corrected chi connectivity index (χ4v) is 2.28. The topological polar surface area (TPSA) is 35.2 Å². The van der Waals surface area contributed by atoms with Crippen molar-refractivity contribution in [3.8, 4) is 5.75 Å². The number of hydrogen-bond donors (Lipinski definition) is 1. The van der Waals surface area contributed by atoms with E-state index in [1.165, 1.54) is 12.1 Å². The van der Waals surface area contributed by atoms with Gasteiger partial charge < -0.3 is 10.5 Å². The molecule has 0 unspecified atom stereocenters. The summed E-state index contributed by atoms with van der Waals surface area (Å²) in [5.74, 6) is -0.0341. The molecule has 0 aliphatic rings. The van der Waals surface area contributed by atoms with Crippen molar-refractivity contribution in [2.24, 2.45) is 0 Å². The number of hydrogen-bond acceptors (Lipinski definition) is 2. The molecule has 0 spiro atoms. The Kier molecular flexibility index (Phi) is 4.55. The Morgan fingerprint density at radius 2 is 1.89 bits per heavy atom. The van der Waals surface area contributed by atoms with E-state index in [2.05, 4.69) is 15.9 Å². The van der Waals surface area contributed by atoms with Gasteiger partial charge in [0.25, 0.3) is 0 Å². The smallest absolute Gasteiger partial charge is 0.146 e. The van der Waals surface area contributed by atoms with Gasteiger partial charge in [-0.05, 0) is 39.7 Å². The summed E-state index contributed by atoms with van der Waals surface area (Å²) in [7, 11) is 0. The van der Waals surface area contributed by atoms with Gasteiger partial charge in [0.1, 0.15) is 18.2 Å². The second kappa shape index (κ2) is 5.99. The molecule has 0 atom stereocenters. The second-order valence-electron chi connectivity index (χ2n) is 3.84. The minimum atomic E-state index is -0.471. The van der Waals surface area contributed by atoms with Gasteiger partial charge in [-0.25, -0.2) is 4.39 Å². The molecule has 0 heterocycles. The lowest BCUT2D eigenvalue weighted by Crippen LogP contribution is -1.98. The molecule has 0 aliphatic carbocycles. The highest BCUT2D eigenvalue weighted by molar-refractivity contribution is 9.10. The highest BCUT2D eigenvalue weighted by Gasteiger charge is 2.08. The van der Waals surface area contributed by atoms with E-state index < -0.39 is 5.82 Å². The number of anilines is 1. The fourth-order valence-electron chi connectivity index (χ4n) is 1.44. The molecule has 6 heteroatoms. The Morgan fingerprint density at radius 1 is 1.16 bits per heavy atom. The van der Waals surface area contributed by atoms with Gasteiger partial charge in [-0.15, -0.1) is 0 Å². The monoisotopic (exact) mass is 363 g/mol. The second-order valence-corrected chi connectivity index (χ2v) is 5.51. The maximum Gasteiger partial charge on any atom is 0.146 e. The molecule has 2 aromatic carbocycles. The molecule has 0 aliphatic heterocycles. The molecule has 100 valence electrons. The zero-order chi connectivity index (χ0) is 14.0. The van der Waals surface area contributed by atoms with Crippen LogP contribution in [-0.2, 0) is 6.61 Å². The van der Waals surface area contributed by atoms with Crippen LogP contribution < -0.4 is 10.5 Å². The van der Waals surface area contributed by atoms with Gasteiger partial charge >= 0.3 is 0 Å². The molecular weight excluding hydrogens is 356 g/mol. The maximum absolute atomic E-state index is 13.3. The Hall–Kier alpha value is -0.970. The van der Waals surface area contributed by atoms with E-state index in [0.717, 1.165) is 0 Å². The van der Waals surface area contributed by atoms with Gasteiger partial charge in [0.2, 0.25) is 0 Å². The molecular formula is C13H9BrCl2FNO. The molecule has 2 nitrogen and oxygen atoms in total. The van der Waals surface area contributed by atoms with Crippen molar-refractivity contribution in [1.29, 1.82) is 0 Å². The predicted molar refractivity (Wildman–Crippen MR) is 79.3 cm³/mol. The van der Waals surface area contributed by atoms with Crippen LogP contribution in [0, 0.1) is 5.82 Å². The number of halogens is 4. The van der Waals surface area contributed by atoms with Crippen LogP contribution in [0.25, 0.3) is 0 Å². The van der Waals surface area contributed by atoms with E-state index in [9.17, 15) is 4.39 Å². The highest BCUT2D eigenvalue weighted by atomic mass is 79.9. The molecule has 0 amide bonds. The van der Waals surface area contributed by atoms with E-state index in [4.69, 9.17) is 33.7 Å². The van der Waals surface area contributed by atoms with Crippen molar-refractivity contribution in [3.05, 3.63) is 56.2 Å². The zero-order valence-electron chi connectivity index (χ0n) is 9.59. The van der Waals surface area contributed by atoms with Crippen LogP contribution in [0.5, 0.6) is 5.75 Å². The summed E-state index contributed by atoms with van der Waals surface area (Å²) in [5.41, 5.74) is 6.16. The van der Waals surface area contributed by atoms with Crippen LogP contribution in [0.1, 0.15) is 5.56 Å². The summed E-state index contributed by atoms with van der Waals surface area (Å²) < 4.78 is 19.5. The first-order valence-electron chi connectivity index (χ1n) is 5.28. The van der Waals surface area contributed by atoms with Gasteiger partial charge in [0.05, 0.1) is 15.7 Å². The maximum atomic E-state index is 13.3. The van der Waals surface area contributed by atoms with E-state index in [0.29, 0.717) is 25.8 Å². The lowest BCUT2D eigenvalue weighted by molar-refractivity contribution is 0.306. The van der Waals surface area contributed by atoms with Crippen molar-refractivity contribution in [2.75, 3.05) is 5.73 Å². The van der Waals surface area contributed by atoms with Crippen molar-refractivity contribution in [3.63, 3.8) is 0 Å². The summed E-state index contributed by atoms with van der Waals surface area (Å²) >= 11 is 15.2. The van der Waals surface area contributed by atoms with Crippen LogP contribution >= 0.6 is 39.1 Å². The van der Waals surface area contributed by atoms with Gasteiger partial charge in [0, 0.05) is 10.5 Å². The van der Waals surface area contributed by atoms with Crippen molar-refractivity contribution in [2.45, 2.75) is 6.61 Å². The molecule has 0 saturated carbocycles. The van der Waals surface area contributed by atoms with Crippen molar-refractivity contribution in [1.82, 2.24) is 0 Å². The number of rotatable bonds is 3. The highest BCUT2D eigenvalue weighted by Crippen LogP contribution is 2.34. The number of benzene rings is 2. The van der Waals surface area contributed by atoms with Gasteiger partial charge in [-0.2, -0.15) is 0 Å². The molecule has 2 N–H and O–H groups in total. The molecule has 19 heavy (non-hydrogen) atoms. The molecule has 0 fully saturated rings. The van der Waals surface area contributed by atoms with Crippen LogP contribution in [-0.4, -0.2) is 0 Å². The third-order valence-electron chi connectivity index (χ3n) is 2.43. The largest absolute Gasteiger partial charge is 0.487 e. The molecule has 2 aromatic rings.